The van der Waals surface area contributed by atoms with Crippen LogP contribution in [0.2, 0.25) is 0 Å². The Bertz CT molecular complexity index is 749. The Hall–Kier alpha value is -2.43. The van der Waals surface area contributed by atoms with E-state index in [-0.39, 0.29) is 17.7 Å². The Balaban J connectivity index is 1.94. The van der Waals surface area contributed by atoms with Gasteiger partial charge in [-0.15, -0.1) is 0 Å². The molecule has 0 saturated carbocycles. The van der Waals surface area contributed by atoms with Crippen LogP contribution in [0.25, 0.3) is 0 Å². The van der Waals surface area contributed by atoms with Crippen molar-refractivity contribution in [3.05, 3.63) is 52.6 Å². The van der Waals surface area contributed by atoms with Crippen molar-refractivity contribution in [2.75, 3.05) is 6.54 Å². The van der Waals surface area contributed by atoms with Crippen molar-refractivity contribution < 1.29 is 9.59 Å². The molecule has 3 rings (SSSR count). The number of nitrogens with zero attached hydrogens (tertiary/aromatic N) is 2. The predicted octanol–water partition coefficient (Wildman–Crippen LogP) is 3.21. The second kappa shape index (κ2) is 5.99. The zero-order valence-corrected chi connectivity index (χ0v) is 13.7. The van der Waals surface area contributed by atoms with Crippen molar-refractivity contribution in [2.24, 2.45) is 0 Å². The minimum absolute atomic E-state index is 0.00693. The summed E-state index contributed by atoms with van der Waals surface area (Å²) in [6, 6.07) is 5.79. The van der Waals surface area contributed by atoms with Gasteiger partial charge in [0.1, 0.15) is 5.69 Å². The lowest BCUT2D eigenvalue weighted by Gasteiger charge is -2.24. The van der Waals surface area contributed by atoms with Crippen LogP contribution in [0.4, 0.5) is 0 Å². The van der Waals surface area contributed by atoms with Crippen molar-refractivity contribution >= 4 is 11.7 Å². The fourth-order valence-corrected chi connectivity index (χ4v) is 3.53. The van der Waals surface area contributed by atoms with Crippen LogP contribution in [-0.2, 0) is 0 Å². The molecule has 2 aromatic rings. The van der Waals surface area contributed by atoms with E-state index in [1.807, 2.05) is 36.9 Å². The minimum Gasteiger partial charge on any atom is -0.354 e. The zero-order valence-electron chi connectivity index (χ0n) is 13.7. The van der Waals surface area contributed by atoms with Crippen molar-refractivity contribution in [3.63, 3.8) is 0 Å². The summed E-state index contributed by atoms with van der Waals surface area (Å²) in [5.74, 6) is -0.0655. The number of pyridine rings is 1. The number of carbonyl (C=O) groups excluding carboxylic acids is 2. The first-order chi connectivity index (χ1) is 11.0. The molecule has 2 aromatic heterocycles. The van der Waals surface area contributed by atoms with Crippen molar-refractivity contribution in [3.8, 4) is 0 Å². The molecule has 0 aliphatic carbocycles. The van der Waals surface area contributed by atoms with Gasteiger partial charge in [0.25, 0.3) is 5.91 Å². The number of carbonyl (C=O) groups is 2. The van der Waals surface area contributed by atoms with Gasteiger partial charge in [-0.2, -0.15) is 0 Å². The summed E-state index contributed by atoms with van der Waals surface area (Å²) in [5.41, 5.74) is 3.57. The van der Waals surface area contributed by atoms with E-state index in [0.29, 0.717) is 17.8 Å². The molecule has 1 amide bonds. The minimum atomic E-state index is -0.0498. The van der Waals surface area contributed by atoms with E-state index in [4.69, 9.17) is 0 Å². The monoisotopic (exact) mass is 311 g/mol. The third-order valence-electron chi connectivity index (χ3n) is 4.55. The normalized spacial score (nSPS) is 17.5. The van der Waals surface area contributed by atoms with Crippen LogP contribution < -0.4 is 0 Å². The van der Waals surface area contributed by atoms with Crippen LogP contribution in [0.15, 0.2) is 24.4 Å². The van der Waals surface area contributed by atoms with E-state index < -0.39 is 0 Å². The quantitative estimate of drug-likeness (QED) is 0.885. The van der Waals surface area contributed by atoms with Crippen LogP contribution in [0.5, 0.6) is 0 Å². The first kappa shape index (κ1) is 15.5. The van der Waals surface area contributed by atoms with E-state index in [9.17, 15) is 9.59 Å². The van der Waals surface area contributed by atoms with Crippen LogP contribution in [0.1, 0.15) is 63.6 Å². The predicted molar refractivity (Wildman–Crippen MR) is 87.5 cm³/mol. The molecular weight excluding hydrogens is 290 g/mol. The van der Waals surface area contributed by atoms with Gasteiger partial charge in [0.2, 0.25) is 0 Å². The largest absolute Gasteiger partial charge is 0.354 e. The number of Topliss-reactive ketones (excluding diaryl/α,β-unsaturated/α-hetero) is 1. The summed E-state index contributed by atoms with van der Waals surface area (Å²) in [7, 11) is 0. The number of ketones is 1. The molecule has 3 heterocycles. The number of amides is 1. The first-order valence-electron chi connectivity index (χ1n) is 7.92. The highest BCUT2D eigenvalue weighted by atomic mass is 16.2. The highest BCUT2D eigenvalue weighted by Crippen LogP contribution is 2.32. The number of hydrogen-bond acceptors (Lipinski definition) is 3. The summed E-state index contributed by atoms with van der Waals surface area (Å²) in [6.45, 7) is 5.91. The van der Waals surface area contributed by atoms with Gasteiger partial charge in [0, 0.05) is 24.0 Å². The van der Waals surface area contributed by atoms with E-state index >= 15 is 0 Å². The summed E-state index contributed by atoms with van der Waals surface area (Å²) in [4.78, 5) is 34.1. The van der Waals surface area contributed by atoms with E-state index in [1.54, 1.807) is 6.20 Å². The molecule has 120 valence electrons. The Labute approximate surface area is 135 Å². The summed E-state index contributed by atoms with van der Waals surface area (Å²) >= 11 is 0. The fraction of sp³-hybridized carbons (Fsp3) is 0.389. The summed E-state index contributed by atoms with van der Waals surface area (Å²) in [5, 5.41) is 0. The Morgan fingerprint density at radius 2 is 2.09 bits per heavy atom. The number of likely N-dealkylation sites (tertiary alicyclic amines) is 1. The van der Waals surface area contributed by atoms with Gasteiger partial charge in [0.15, 0.2) is 5.78 Å². The lowest BCUT2D eigenvalue weighted by molar-refractivity contribution is 0.0726. The number of aromatic nitrogens is 2. The van der Waals surface area contributed by atoms with Gasteiger partial charge in [0.05, 0.1) is 11.7 Å². The maximum Gasteiger partial charge on any atom is 0.271 e. The molecule has 0 aromatic carbocycles. The molecule has 23 heavy (non-hydrogen) atoms. The van der Waals surface area contributed by atoms with Gasteiger partial charge in [-0.05, 0) is 51.3 Å². The van der Waals surface area contributed by atoms with E-state index in [2.05, 4.69) is 9.97 Å². The Morgan fingerprint density at radius 3 is 2.70 bits per heavy atom. The number of rotatable bonds is 3. The van der Waals surface area contributed by atoms with Crippen LogP contribution in [0.3, 0.4) is 0 Å². The number of aryl methyl sites for hydroxylation is 1. The van der Waals surface area contributed by atoms with E-state index in [1.165, 1.54) is 6.92 Å². The Morgan fingerprint density at radius 1 is 1.30 bits per heavy atom. The number of nitrogens with one attached hydrogen (secondary N) is 1. The Kier molecular flexibility index (Phi) is 4.03. The topological polar surface area (TPSA) is 66.1 Å². The molecule has 1 aliphatic rings. The second-order valence-corrected chi connectivity index (χ2v) is 6.09. The van der Waals surface area contributed by atoms with Gasteiger partial charge in [-0.1, -0.05) is 6.07 Å². The molecule has 1 N–H and O–H groups in total. The highest BCUT2D eigenvalue weighted by Gasteiger charge is 2.33. The third-order valence-corrected chi connectivity index (χ3v) is 4.55. The zero-order chi connectivity index (χ0) is 16.6. The van der Waals surface area contributed by atoms with Gasteiger partial charge < -0.3 is 9.88 Å². The molecule has 1 unspecified atom stereocenters. The van der Waals surface area contributed by atoms with Crippen molar-refractivity contribution in [1.29, 1.82) is 0 Å². The van der Waals surface area contributed by atoms with Crippen LogP contribution >= 0.6 is 0 Å². The molecule has 5 nitrogen and oxygen atoms in total. The molecule has 0 spiro atoms. The second-order valence-electron chi connectivity index (χ2n) is 6.09. The molecule has 1 fully saturated rings. The van der Waals surface area contributed by atoms with Crippen LogP contribution in [0, 0.1) is 13.8 Å². The molecule has 0 radical (unpaired) electrons. The molecule has 1 atom stereocenters. The average Bonchev–Trinajstić information content (AvgIpc) is 3.12. The summed E-state index contributed by atoms with van der Waals surface area (Å²) < 4.78 is 0. The summed E-state index contributed by atoms with van der Waals surface area (Å²) in [6.07, 6.45) is 3.64. The lowest BCUT2D eigenvalue weighted by atomic mass is 10.1. The number of hydrogen-bond donors (Lipinski definition) is 1. The van der Waals surface area contributed by atoms with Gasteiger partial charge in [-0.3, -0.25) is 14.6 Å². The maximum atomic E-state index is 13.0. The molecule has 1 aliphatic heterocycles. The first-order valence-corrected chi connectivity index (χ1v) is 7.92. The van der Waals surface area contributed by atoms with Gasteiger partial charge in [-0.25, -0.2) is 0 Å². The SMILES string of the molecule is CC(=O)c1c(C)[nH]c(C(=O)N2CCCC2c2ccccn2)c1C. The van der Waals surface area contributed by atoms with Crippen LogP contribution in [-0.4, -0.2) is 33.1 Å². The maximum absolute atomic E-state index is 13.0. The number of H-pyrrole nitrogens is 1. The average molecular weight is 311 g/mol. The molecule has 5 heteroatoms. The van der Waals surface area contributed by atoms with Gasteiger partial charge >= 0.3 is 0 Å². The third kappa shape index (κ3) is 2.67. The smallest absolute Gasteiger partial charge is 0.271 e. The lowest BCUT2D eigenvalue weighted by Crippen LogP contribution is -2.31. The van der Waals surface area contributed by atoms with Crippen molar-refractivity contribution in [2.45, 2.75) is 39.7 Å². The van der Waals surface area contributed by atoms with Crippen molar-refractivity contribution in [1.82, 2.24) is 14.9 Å². The molecule has 0 bridgehead atoms. The van der Waals surface area contributed by atoms with E-state index in [0.717, 1.165) is 29.8 Å². The number of aromatic amines is 1. The fourth-order valence-electron chi connectivity index (χ4n) is 3.53. The standard InChI is InChI=1S/C18H21N3O2/c1-11-16(13(3)22)12(2)20-17(11)18(23)21-10-6-8-15(21)14-7-4-5-9-19-14/h4-5,7,9,15,20H,6,8,10H2,1-3H3. The molecule has 1 saturated heterocycles. The highest BCUT2D eigenvalue weighted by molar-refractivity contribution is 6.02. The molecular formula is C18H21N3O2.